The van der Waals surface area contributed by atoms with E-state index in [0.29, 0.717) is 0 Å². The summed E-state index contributed by atoms with van der Waals surface area (Å²) in [6.45, 7) is 1.01. The van der Waals surface area contributed by atoms with Crippen molar-refractivity contribution in [3.05, 3.63) is 48.3 Å². The third kappa shape index (κ3) is 2.63. The summed E-state index contributed by atoms with van der Waals surface area (Å²) in [6, 6.07) is 10.6. The Labute approximate surface area is 96.1 Å². The second-order valence-corrected chi connectivity index (χ2v) is 3.78. The van der Waals surface area contributed by atoms with Crippen LogP contribution in [-0.4, -0.2) is 16.6 Å². The number of anilines is 1. The summed E-state index contributed by atoms with van der Waals surface area (Å²) in [4.78, 5) is 4.21. The van der Waals surface area contributed by atoms with Gasteiger partial charge in [0.05, 0.1) is 0 Å². The van der Waals surface area contributed by atoms with Crippen molar-refractivity contribution in [2.24, 2.45) is 0 Å². The summed E-state index contributed by atoms with van der Waals surface area (Å²) in [6.07, 6.45) is 6.09. The van der Waals surface area contributed by atoms with Gasteiger partial charge in [-0.05, 0) is 18.4 Å². The van der Waals surface area contributed by atoms with Gasteiger partial charge in [0.15, 0.2) is 0 Å². The van der Waals surface area contributed by atoms with E-state index >= 15 is 0 Å². The van der Waals surface area contributed by atoms with Gasteiger partial charge in [-0.25, -0.2) is 4.98 Å². The Kier molecular flexibility index (Phi) is 3.59. The Morgan fingerprint density at radius 1 is 1.25 bits per heavy atom. The summed E-state index contributed by atoms with van der Waals surface area (Å²) in [5.74, 6) is 0.938. The molecule has 2 aromatic rings. The van der Waals surface area contributed by atoms with Crippen LogP contribution in [0.2, 0.25) is 0 Å². The molecule has 1 aromatic heterocycles. The van der Waals surface area contributed by atoms with E-state index in [1.165, 1.54) is 5.56 Å². The SMILES string of the molecule is CNc1nccn1CCCc1ccccc1. The van der Waals surface area contributed by atoms with E-state index in [2.05, 4.69) is 45.2 Å². The molecule has 1 N–H and O–H groups in total. The van der Waals surface area contributed by atoms with Crippen LogP contribution in [-0.2, 0) is 13.0 Å². The first-order valence-corrected chi connectivity index (χ1v) is 5.63. The Balaban J connectivity index is 1.85. The van der Waals surface area contributed by atoms with Gasteiger partial charge in [-0.3, -0.25) is 0 Å². The van der Waals surface area contributed by atoms with Crippen LogP contribution in [0.5, 0.6) is 0 Å². The minimum Gasteiger partial charge on any atom is -0.359 e. The Bertz CT molecular complexity index is 420. The van der Waals surface area contributed by atoms with Crippen molar-refractivity contribution in [3.63, 3.8) is 0 Å². The first kappa shape index (κ1) is 10.7. The number of aryl methyl sites for hydroxylation is 2. The Hall–Kier alpha value is -1.77. The van der Waals surface area contributed by atoms with E-state index in [0.717, 1.165) is 25.3 Å². The minimum absolute atomic E-state index is 0.938. The fourth-order valence-electron chi connectivity index (χ4n) is 1.82. The predicted octanol–water partition coefficient (Wildman–Crippen LogP) is 2.56. The number of hydrogen-bond donors (Lipinski definition) is 1. The van der Waals surface area contributed by atoms with Crippen LogP contribution in [0.4, 0.5) is 5.95 Å². The number of benzene rings is 1. The van der Waals surface area contributed by atoms with Crippen molar-refractivity contribution in [1.29, 1.82) is 0 Å². The third-order valence-electron chi connectivity index (χ3n) is 2.65. The minimum atomic E-state index is 0.938. The lowest BCUT2D eigenvalue weighted by Gasteiger charge is -2.06. The lowest BCUT2D eigenvalue weighted by molar-refractivity contribution is 0.648. The molecule has 0 aliphatic heterocycles. The molecule has 0 atom stereocenters. The van der Waals surface area contributed by atoms with Crippen LogP contribution in [0.3, 0.4) is 0 Å². The van der Waals surface area contributed by atoms with Crippen LogP contribution < -0.4 is 5.32 Å². The molecule has 84 valence electrons. The van der Waals surface area contributed by atoms with Gasteiger partial charge in [0.25, 0.3) is 0 Å². The zero-order valence-electron chi connectivity index (χ0n) is 9.56. The largest absolute Gasteiger partial charge is 0.359 e. The molecule has 16 heavy (non-hydrogen) atoms. The normalized spacial score (nSPS) is 10.3. The lowest BCUT2D eigenvalue weighted by atomic mass is 10.1. The average Bonchev–Trinajstić information content (AvgIpc) is 2.78. The topological polar surface area (TPSA) is 29.9 Å². The van der Waals surface area contributed by atoms with Gasteiger partial charge in [0, 0.05) is 26.0 Å². The molecule has 1 aromatic carbocycles. The molecule has 2 rings (SSSR count). The van der Waals surface area contributed by atoms with Crippen molar-refractivity contribution >= 4 is 5.95 Å². The molecule has 1 heterocycles. The Morgan fingerprint density at radius 2 is 2.06 bits per heavy atom. The molecule has 0 saturated carbocycles. The van der Waals surface area contributed by atoms with E-state index in [9.17, 15) is 0 Å². The van der Waals surface area contributed by atoms with Crippen LogP contribution in [0.15, 0.2) is 42.7 Å². The first-order valence-electron chi connectivity index (χ1n) is 5.63. The molecule has 0 spiro atoms. The number of hydrogen-bond acceptors (Lipinski definition) is 2. The van der Waals surface area contributed by atoms with Crippen LogP contribution in [0.1, 0.15) is 12.0 Å². The number of aromatic nitrogens is 2. The van der Waals surface area contributed by atoms with Gasteiger partial charge in [0.2, 0.25) is 5.95 Å². The zero-order valence-corrected chi connectivity index (χ0v) is 9.56. The van der Waals surface area contributed by atoms with Crippen LogP contribution in [0, 0.1) is 0 Å². The smallest absolute Gasteiger partial charge is 0.202 e. The second kappa shape index (κ2) is 5.35. The third-order valence-corrected chi connectivity index (χ3v) is 2.65. The first-order chi connectivity index (χ1) is 7.90. The summed E-state index contributed by atoms with van der Waals surface area (Å²) >= 11 is 0. The van der Waals surface area contributed by atoms with E-state index in [1.54, 1.807) is 0 Å². The lowest BCUT2D eigenvalue weighted by Crippen LogP contribution is -2.03. The van der Waals surface area contributed by atoms with Crippen LogP contribution in [0.25, 0.3) is 0 Å². The van der Waals surface area contributed by atoms with Gasteiger partial charge < -0.3 is 9.88 Å². The van der Waals surface area contributed by atoms with E-state index < -0.39 is 0 Å². The molecule has 0 radical (unpaired) electrons. The van der Waals surface area contributed by atoms with E-state index in [-0.39, 0.29) is 0 Å². The molecule has 3 heteroatoms. The monoisotopic (exact) mass is 215 g/mol. The molecule has 0 aliphatic carbocycles. The molecule has 0 unspecified atom stereocenters. The summed E-state index contributed by atoms with van der Waals surface area (Å²) in [5, 5.41) is 3.08. The maximum absolute atomic E-state index is 4.21. The van der Waals surface area contributed by atoms with Crippen molar-refractivity contribution in [2.45, 2.75) is 19.4 Å². The highest BCUT2D eigenvalue weighted by molar-refractivity contribution is 5.24. The highest BCUT2D eigenvalue weighted by Crippen LogP contribution is 2.07. The molecule has 3 nitrogen and oxygen atoms in total. The fraction of sp³-hybridized carbons (Fsp3) is 0.308. The predicted molar refractivity (Wildman–Crippen MR) is 66.5 cm³/mol. The zero-order chi connectivity index (χ0) is 11.2. The summed E-state index contributed by atoms with van der Waals surface area (Å²) in [7, 11) is 1.90. The molecular weight excluding hydrogens is 198 g/mol. The van der Waals surface area contributed by atoms with E-state index in [1.807, 2.05) is 19.4 Å². The fourth-order valence-corrected chi connectivity index (χ4v) is 1.82. The number of nitrogens with zero attached hydrogens (tertiary/aromatic N) is 2. The van der Waals surface area contributed by atoms with Gasteiger partial charge >= 0.3 is 0 Å². The maximum atomic E-state index is 4.21. The highest BCUT2D eigenvalue weighted by atomic mass is 15.2. The number of nitrogens with one attached hydrogen (secondary N) is 1. The second-order valence-electron chi connectivity index (χ2n) is 3.78. The Morgan fingerprint density at radius 3 is 2.81 bits per heavy atom. The summed E-state index contributed by atoms with van der Waals surface area (Å²) in [5.41, 5.74) is 1.40. The average molecular weight is 215 g/mol. The molecule has 0 saturated heterocycles. The van der Waals surface area contributed by atoms with Gasteiger partial charge in [-0.2, -0.15) is 0 Å². The molecule has 0 fully saturated rings. The maximum Gasteiger partial charge on any atom is 0.202 e. The molecule has 0 amide bonds. The number of rotatable bonds is 5. The van der Waals surface area contributed by atoms with Crippen LogP contribution >= 0.6 is 0 Å². The standard InChI is InChI=1S/C13H17N3/c1-14-13-15-9-11-16(13)10-5-8-12-6-3-2-4-7-12/h2-4,6-7,9,11H,5,8,10H2,1H3,(H,14,15). The van der Waals surface area contributed by atoms with Crippen molar-refractivity contribution in [2.75, 3.05) is 12.4 Å². The van der Waals surface area contributed by atoms with Crippen molar-refractivity contribution < 1.29 is 0 Å². The number of imidazole rings is 1. The quantitative estimate of drug-likeness (QED) is 0.830. The van der Waals surface area contributed by atoms with Gasteiger partial charge in [-0.1, -0.05) is 30.3 Å². The van der Waals surface area contributed by atoms with Crippen molar-refractivity contribution in [3.8, 4) is 0 Å². The van der Waals surface area contributed by atoms with Gasteiger partial charge in [-0.15, -0.1) is 0 Å². The molecular formula is C13H17N3. The molecule has 0 bridgehead atoms. The van der Waals surface area contributed by atoms with Gasteiger partial charge in [0.1, 0.15) is 0 Å². The summed E-state index contributed by atoms with van der Waals surface area (Å²) < 4.78 is 2.14. The van der Waals surface area contributed by atoms with E-state index in [4.69, 9.17) is 0 Å². The highest BCUT2D eigenvalue weighted by Gasteiger charge is 1.99. The molecule has 0 aliphatic rings. The van der Waals surface area contributed by atoms with Crippen molar-refractivity contribution in [1.82, 2.24) is 9.55 Å².